The van der Waals surface area contributed by atoms with Crippen LogP contribution in [0.3, 0.4) is 0 Å². The highest BCUT2D eigenvalue weighted by molar-refractivity contribution is 5.37. The van der Waals surface area contributed by atoms with Crippen molar-refractivity contribution in [3.8, 4) is 0 Å². The summed E-state index contributed by atoms with van der Waals surface area (Å²) in [4.78, 5) is 0. The Labute approximate surface area is 399 Å². The van der Waals surface area contributed by atoms with Gasteiger partial charge in [0.2, 0.25) is 0 Å². The van der Waals surface area contributed by atoms with Gasteiger partial charge >= 0.3 is 0 Å². The van der Waals surface area contributed by atoms with Gasteiger partial charge in [0.15, 0.2) is 18.9 Å². The van der Waals surface area contributed by atoms with Crippen LogP contribution in [0.2, 0.25) is 0 Å². The van der Waals surface area contributed by atoms with Crippen molar-refractivity contribution >= 4 is 0 Å². The fraction of sp³-hybridized carbons (Fsp3) is 0.959. The van der Waals surface area contributed by atoms with Crippen molar-refractivity contribution in [2.75, 3.05) is 33.5 Å². The highest BCUT2D eigenvalue weighted by Crippen LogP contribution is 2.76. The lowest BCUT2D eigenvalue weighted by molar-refractivity contribution is -0.368. The van der Waals surface area contributed by atoms with E-state index in [1.165, 1.54) is 5.57 Å². The van der Waals surface area contributed by atoms with E-state index in [1.807, 2.05) is 6.92 Å². The number of aliphatic hydroxyl groups is 12. The molecule has 0 unspecified atom stereocenters. The van der Waals surface area contributed by atoms with Gasteiger partial charge in [0, 0.05) is 23.9 Å². The van der Waals surface area contributed by atoms with Crippen LogP contribution in [-0.4, -0.2) is 205 Å². The van der Waals surface area contributed by atoms with Crippen molar-refractivity contribution < 1.29 is 94.4 Å². The predicted molar refractivity (Wildman–Crippen MR) is 238 cm³/mol. The molecule has 26 atom stereocenters. The summed E-state index contributed by atoms with van der Waals surface area (Å²) in [6, 6.07) is 0. The van der Waals surface area contributed by atoms with Crippen LogP contribution < -0.4 is 0 Å². The van der Waals surface area contributed by atoms with E-state index >= 15 is 0 Å². The van der Waals surface area contributed by atoms with E-state index in [0.29, 0.717) is 32.1 Å². The molecular formula is C49H82O19. The van der Waals surface area contributed by atoms with Crippen LogP contribution in [0, 0.1) is 50.2 Å². The Morgan fingerprint density at radius 2 is 1.25 bits per heavy atom. The van der Waals surface area contributed by atoms with E-state index in [1.54, 1.807) is 14.0 Å². The zero-order valence-corrected chi connectivity index (χ0v) is 40.9. The maximum Gasteiger partial charge on any atom is 0.187 e. The van der Waals surface area contributed by atoms with Crippen molar-refractivity contribution in [1.29, 1.82) is 0 Å². The topological polar surface area (TPSA) is 307 Å². The van der Waals surface area contributed by atoms with Gasteiger partial charge in [0.25, 0.3) is 0 Å². The van der Waals surface area contributed by atoms with Gasteiger partial charge in [-0.2, -0.15) is 0 Å². The fourth-order valence-electron chi connectivity index (χ4n) is 15.4. The molecule has 392 valence electrons. The highest BCUT2D eigenvalue weighted by Gasteiger charge is 2.72. The summed E-state index contributed by atoms with van der Waals surface area (Å²) in [6.07, 6.45) is -16.4. The van der Waals surface area contributed by atoms with Crippen LogP contribution in [0.5, 0.6) is 0 Å². The lowest BCUT2D eigenvalue weighted by Gasteiger charge is -2.73. The van der Waals surface area contributed by atoms with Gasteiger partial charge < -0.3 is 94.4 Å². The Morgan fingerprint density at radius 3 is 1.85 bits per heavy atom. The minimum atomic E-state index is -1.77. The summed E-state index contributed by atoms with van der Waals surface area (Å²) in [7, 11) is 1.73. The molecule has 8 rings (SSSR count). The molecule has 3 heterocycles. The Hall–Kier alpha value is -1.02. The third-order valence-corrected chi connectivity index (χ3v) is 19.7. The quantitative estimate of drug-likeness (QED) is 0.0892. The number of fused-ring (bicyclic) bond motifs is 7. The molecule has 8 aliphatic rings. The molecule has 5 aliphatic carbocycles. The average molecular weight is 975 g/mol. The first-order chi connectivity index (χ1) is 31.8. The van der Waals surface area contributed by atoms with Crippen LogP contribution in [0.4, 0.5) is 0 Å². The minimum Gasteiger partial charge on any atom is -0.396 e. The van der Waals surface area contributed by atoms with Gasteiger partial charge in [-0.1, -0.05) is 53.2 Å². The van der Waals surface area contributed by atoms with Crippen molar-refractivity contribution in [2.24, 2.45) is 50.2 Å². The lowest BCUT2D eigenvalue weighted by Crippen LogP contribution is -2.70. The zero-order chi connectivity index (χ0) is 49.8. The molecule has 19 heteroatoms. The maximum absolute atomic E-state index is 12.7. The number of methoxy groups -OCH3 is 1. The van der Waals surface area contributed by atoms with Crippen LogP contribution in [0.25, 0.3) is 0 Å². The third kappa shape index (κ3) is 8.21. The van der Waals surface area contributed by atoms with Crippen LogP contribution in [0.1, 0.15) is 99.8 Å². The predicted octanol–water partition coefficient (Wildman–Crippen LogP) is -0.790. The first-order valence-electron chi connectivity index (χ1n) is 24.9. The van der Waals surface area contributed by atoms with E-state index in [9.17, 15) is 61.3 Å². The molecule has 0 amide bonds. The molecule has 3 aliphatic heterocycles. The summed E-state index contributed by atoms with van der Waals surface area (Å²) < 4.78 is 42.9. The van der Waals surface area contributed by atoms with E-state index in [4.69, 9.17) is 33.2 Å². The van der Waals surface area contributed by atoms with Crippen LogP contribution in [0.15, 0.2) is 11.6 Å². The lowest BCUT2D eigenvalue weighted by atomic mass is 9.32. The van der Waals surface area contributed by atoms with Crippen molar-refractivity contribution in [1.82, 2.24) is 0 Å². The minimum absolute atomic E-state index is 0.0105. The summed E-state index contributed by atoms with van der Waals surface area (Å²) >= 11 is 0. The number of rotatable bonds is 11. The summed E-state index contributed by atoms with van der Waals surface area (Å²) in [5.41, 5.74) is -1.89. The molecule has 7 fully saturated rings. The molecule has 4 saturated carbocycles. The summed E-state index contributed by atoms with van der Waals surface area (Å²) in [5, 5.41) is 130. The second kappa shape index (κ2) is 19.0. The third-order valence-electron chi connectivity index (χ3n) is 19.7. The molecule has 3 saturated heterocycles. The monoisotopic (exact) mass is 975 g/mol. The molecule has 0 spiro atoms. The Morgan fingerprint density at radius 1 is 0.647 bits per heavy atom. The largest absolute Gasteiger partial charge is 0.396 e. The Kier molecular flexibility index (Phi) is 14.9. The number of ether oxygens (including phenoxy) is 7. The van der Waals surface area contributed by atoms with Gasteiger partial charge in [0.1, 0.15) is 67.1 Å². The van der Waals surface area contributed by atoms with Crippen molar-refractivity contribution in [2.45, 2.75) is 210 Å². The number of allylic oxidation sites excluding steroid dienone is 1. The van der Waals surface area contributed by atoms with E-state index in [-0.39, 0.29) is 42.5 Å². The number of hydrogen-bond acceptors (Lipinski definition) is 19. The zero-order valence-electron chi connectivity index (χ0n) is 40.9. The SMILES string of the molecule is CO[C@@H]1C=C2[C@@H]3CC(C)(C)CC[C@]3(CO[C@@H]3O[C@H](CO)[C@@H](O)[C@H](O)[C@H]3O)[C@@H](O)C[C@@]2(C)[C@]2(C)CC[C@H]3[C@](C)(CO)[C@@H](O[C@@H]4O[C@H](C)[C@H](O)[C@H](O[C@@H]5O[C@H](CO)[C@@H](O)[C@H](O)[C@H]5O)[C@H]4O)CC[C@]3(C)[C@@H]12. The second-order valence-corrected chi connectivity index (χ2v) is 23.8. The molecule has 68 heavy (non-hydrogen) atoms. The molecule has 0 aromatic carbocycles. The van der Waals surface area contributed by atoms with Crippen molar-refractivity contribution in [3.63, 3.8) is 0 Å². The van der Waals surface area contributed by atoms with Gasteiger partial charge in [-0.05, 0) is 91.8 Å². The average Bonchev–Trinajstić information content (AvgIpc) is 3.29. The molecule has 0 radical (unpaired) electrons. The van der Waals surface area contributed by atoms with Crippen molar-refractivity contribution in [3.05, 3.63) is 11.6 Å². The van der Waals surface area contributed by atoms with E-state index < -0.39 is 145 Å². The summed E-state index contributed by atoms with van der Waals surface area (Å²) in [5.74, 6) is -0.357. The molecule has 0 bridgehead atoms. The smallest absolute Gasteiger partial charge is 0.187 e. The fourth-order valence-corrected chi connectivity index (χ4v) is 15.4. The van der Waals surface area contributed by atoms with E-state index in [2.05, 4.69) is 40.7 Å². The van der Waals surface area contributed by atoms with Crippen LogP contribution >= 0.6 is 0 Å². The van der Waals surface area contributed by atoms with Gasteiger partial charge in [0.05, 0.1) is 50.8 Å². The number of hydrogen-bond donors (Lipinski definition) is 12. The normalized spacial score (nSPS) is 55.8. The van der Waals surface area contributed by atoms with E-state index in [0.717, 1.165) is 19.3 Å². The number of aliphatic hydroxyl groups excluding tert-OH is 12. The highest BCUT2D eigenvalue weighted by atomic mass is 16.7. The van der Waals surface area contributed by atoms with Crippen LogP contribution in [-0.2, 0) is 33.2 Å². The van der Waals surface area contributed by atoms with Gasteiger partial charge in [-0.15, -0.1) is 0 Å². The summed E-state index contributed by atoms with van der Waals surface area (Å²) in [6.45, 7) is 13.5. The molecule has 12 N–H and O–H groups in total. The molecule has 0 aromatic rings. The standard InChI is InChI=1S/C49H82O19/c1-22-31(54)39(68-42-37(60)35(58)33(56)27(19-51)66-42)38(61)43(64-22)67-30-10-11-45(4)28(46(30,5)20-52)9-12-47(6)40(45)25(62-8)15-23-24-16-44(2,3)13-14-49(24,29(53)17-48(23,47)7)21-63-41-36(59)34(57)32(55)26(18-50)65-41/h15,22,24-43,50-61H,9-14,16-21H2,1-8H3/t22-,24+,25-,26-,27-,28-,29+,30+,31+,32-,33-,34+,35+,36-,37-,38-,39+,40-,41-,42+,43+,45+,46+,47-,48-,49-/m1/s1. The Balaban J connectivity index is 1.06. The van der Waals surface area contributed by atoms with Gasteiger partial charge in [-0.3, -0.25) is 0 Å². The molecule has 19 nitrogen and oxygen atoms in total. The second-order valence-electron chi connectivity index (χ2n) is 23.8. The first kappa shape index (κ1) is 53.3. The Bertz CT molecular complexity index is 1800. The maximum atomic E-state index is 12.7. The van der Waals surface area contributed by atoms with Gasteiger partial charge in [-0.25, -0.2) is 0 Å². The molecular weight excluding hydrogens is 893 g/mol. The molecule has 0 aromatic heterocycles. The first-order valence-corrected chi connectivity index (χ1v) is 24.9.